The molecule has 5 nitrogen and oxygen atoms in total. The van der Waals surface area contributed by atoms with Crippen LogP contribution in [0.5, 0.6) is 5.75 Å². The number of nitrogens with zero attached hydrogens (tertiary/aromatic N) is 3. The van der Waals surface area contributed by atoms with E-state index in [4.69, 9.17) is 4.74 Å². The molecule has 1 aromatic heterocycles. The number of anilines is 1. The van der Waals surface area contributed by atoms with E-state index in [1.807, 2.05) is 44.3 Å². The molecule has 30 heavy (non-hydrogen) atoms. The monoisotopic (exact) mass is 425 g/mol. The summed E-state index contributed by atoms with van der Waals surface area (Å²) in [6.07, 6.45) is 1.94. The Labute approximate surface area is 183 Å². The van der Waals surface area contributed by atoms with Crippen molar-refractivity contribution in [2.45, 2.75) is 25.7 Å². The minimum Gasteiger partial charge on any atom is -0.495 e. The predicted octanol–water partition coefficient (Wildman–Crippen LogP) is 5.19. The van der Waals surface area contributed by atoms with Crippen LogP contribution in [0.4, 0.5) is 5.69 Å². The van der Waals surface area contributed by atoms with Gasteiger partial charge in [-0.25, -0.2) is 0 Å². The first-order valence-corrected chi connectivity index (χ1v) is 11.2. The lowest BCUT2D eigenvalue weighted by molar-refractivity contribution is 0.101. The molecule has 0 aliphatic carbocycles. The summed E-state index contributed by atoms with van der Waals surface area (Å²) in [7, 11) is 3.88. The number of benzene rings is 2. The molecule has 1 fully saturated rings. The third kappa shape index (κ3) is 4.65. The van der Waals surface area contributed by atoms with Crippen LogP contribution in [0.3, 0.4) is 0 Å². The van der Waals surface area contributed by atoms with Gasteiger partial charge >= 0.3 is 0 Å². The van der Waals surface area contributed by atoms with Crippen molar-refractivity contribution >= 4 is 34.3 Å². The summed E-state index contributed by atoms with van der Waals surface area (Å²) >= 11 is 1.63. The molecule has 160 valence electrons. The van der Waals surface area contributed by atoms with Crippen molar-refractivity contribution in [3.63, 3.8) is 0 Å². The predicted molar refractivity (Wildman–Crippen MR) is 127 cm³/mol. The highest BCUT2D eigenvalue weighted by Crippen LogP contribution is 2.36. The van der Waals surface area contributed by atoms with Gasteiger partial charge in [0.15, 0.2) is 5.78 Å². The van der Waals surface area contributed by atoms with E-state index in [0.29, 0.717) is 0 Å². The van der Waals surface area contributed by atoms with Gasteiger partial charge in [-0.2, -0.15) is 0 Å². The van der Waals surface area contributed by atoms with E-state index in [2.05, 4.69) is 39.0 Å². The van der Waals surface area contributed by atoms with E-state index in [-0.39, 0.29) is 5.78 Å². The molecule has 4 rings (SSSR count). The standard InChI is InChI=1S/C22H25N3O2S.C2H6/c1-16(26)19-15-25(20-7-5-4-6-18(19)20)28-17-8-9-22(27-3)21(14-17)24-12-10-23(2)11-13-24;1-2/h4-9,14-15H,10-13H2,1-3H3;1-2H3. The second-order valence-corrected chi connectivity index (χ2v) is 8.20. The van der Waals surface area contributed by atoms with Crippen LogP contribution in [-0.2, 0) is 0 Å². The Hall–Kier alpha value is -2.44. The third-order valence-electron chi connectivity index (χ3n) is 5.26. The summed E-state index contributed by atoms with van der Waals surface area (Å²) in [6.45, 7) is 9.69. The zero-order valence-electron chi connectivity index (χ0n) is 18.5. The molecule has 0 amide bonds. The zero-order chi connectivity index (χ0) is 21.7. The number of rotatable bonds is 5. The number of piperazine rings is 1. The molecular formula is C24H31N3O2S. The van der Waals surface area contributed by atoms with Crippen LogP contribution >= 0.6 is 11.9 Å². The molecule has 2 aromatic carbocycles. The van der Waals surface area contributed by atoms with Crippen LogP contribution < -0.4 is 9.64 Å². The number of Topliss-reactive ketones (excluding diaryl/α,β-unsaturated/α-hetero) is 1. The first-order chi connectivity index (χ1) is 14.6. The van der Waals surface area contributed by atoms with Crippen LogP contribution in [0.2, 0.25) is 0 Å². The molecule has 0 unspecified atom stereocenters. The number of ether oxygens (including phenoxy) is 1. The van der Waals surface area contributed by atoms with Crippen LogP contribution in [-0.4, -0.2) is 55.0 Å². The minimum absolute atomic E-state index is 0.0865. The number of methoxy groups -OCH3 is 1. The zero-order valence-corrected chi connectivity index (χ0v) is 19.3. The second-order valence-electron chi connectivity index (χ2n) is 7.16. The van der Waals surface area contributed by atoms with E-state index in [9.17, 15) is 4.79 Å². The SMILES string of the molecule is CC.COc1ccc(Sn2cc(C(C)=O)c3ccccc32)cc1N1CCN(C)CC1. The molecule has 1 saturated heterocycles. The number of carbonyl (C=O) groups excluding carboxylic acids is 1. The Morgan fingerprint density at radius 1 is 1.03 bits per heavy atom. The Kier molecular flexibility index (Phi) is 7.45. The topological polar surface area (TPSA) is 37.7 Å². The van der Waals surface area contributed by atoms with Crippen LogP contribution in [0.15, 0.2) is 53.6 Å². The van der Waals surface area contributed by atoms with Crippen molar-refractivity contribution in [3.05, 3.63) is 54.2 Å². The lowest BCUT2D eigenvalue weighted by Crippen LogP contribution is -2.44. The van der Waals surface area contributed by atoms with Crippen molar-refractivity contribution in [3.8, 4) is 5.75 Å². The summed E-state index contributed by atoms with van der Waals surface area (Å²) in [5.74, 6) is 0.985. The molecule has 1 aliphatic heterocycles. The highest BCUT2D eigenvalue weighted by atomic mass is 32.2. The maximum atomic E-state index is 12.0. The first-order valence-electron chi connectivity index (χ1n) is 10.5. The fourth-order valence-corrected chi connectivity index (χ4v) is 4.58. The molecule has 6 heteroatoms. The van der Waals surface area contributed by atoms with Gasteiger partial charge < -0.3 is 14.5 Å². The Morgan fingerprint density at radius 2 is 1.73 bits per heavy atom. The van der Waals surface area contributed by atoms with Crippen molar-refractivity contribution in [1.29, 1.82) is 0 Å². The third-order valence-corrected chi connectivity index (χ3v) is 6.22. The van der Waals surface area contributed by atoms with Crippen molar-refractivity contribution in [2.75, 3.05) is 45.2 Å². The van der Waals surface area contributed by atoms with Crippen molar-refractivity contribution < 1.29 is 9.53 Å². The van der Waals surface area contributed by atoms with Gasteiger partial charge in [0.25, 0.3) is 0 Å². The molecule has 0 bridgehead atoms. The first kappa shape index (κ1) is 22.2. The van der Waals surface area contributed by atoms with Gasteiger partial charge in [0.2, 0.25) is 0 Å². The number of fused-ring (bicyclic) bond motifs is 1. The fourth-order valence-electron chi connectivity index (χ4n) is 3.64. The largest absolute Gasteiger partial charge is 0.495 e. The van der Waals surface area contributed by atoms with Crippen molar-refractivity contribution in [1.82, 2.24) is 8.87 Å². The molecule has 0 atom stereocenters. The summed E-state index contributed by atoms with van der Waals surface area (Å²) in [5, 5.41) is 0.996. The summed E-state index contributed by atoms with van der Waals surface area (Å²) in [5.41, 5.74) is 2.94. The Morgan fingerprint density at radius 3 is 2.40 bits per heavy atom. The van der Waals surface area contributed by atoms with E-state index < -0.39 is 0 Å². The maximum Gasteiger partial charge on any atom is 0.161 e. The van der Waals surface area contributed by atoms with Gasteiger partial charge in [-0.05, 0) is 50.2 Å². The number of likely N-dealkylation sites (N-methyl/N-ethyl adjacent to an activating group) is 1. The molecule has 3 aromatic rings. The highest BCUT2D eigenvalue weighted by Gasteiger charge is 2.19. The normalized spacial score (nSPS) is 14.4. The number of carbonyl (C=O) groups is 1. The molecule has 0 saturated carbocycles. The Bertz CT molecular complexity index is 1010. The van der Waals surface area contributed by atoms with Crippen LogP contribution in [0.1, 0.15) is 31.1 Å². The number of hydrogen-bond acceptors (Lipinski definition) is 5. The van der Waals surface area contributed by atoms with Gasteiger partial charge in [0, 0.05) is 48.2 Å². The Balaban J connectivity index is 0.00000124. The van der Waals surface area contributed by atoms with E-state index in [1.165, 1.54) is 0 Å². The summed E-state index contributed by atoms with van der Waals surface area (Å²) in [6, 6.07) is 14.3. The van der Waals surface area contributed by atoms with Gasteiger partial charge in [-0.15, -0.1) is 0 Å². The fraction of sp³-hybridized carbons (Fsp3) is 0.375. The highest BCUT2D eigenvalue weighted by molar-refractivity contribution is 7.98. The number of aromatic nitrogens is 1. The number of ketones is 1. The number of para-hydroxylation sites is 1. The second kappa shape index (κ2) is 10.0. The minimum atomic E-state index is 0.0865. The van der Waals surface area contributed by atoms with Gasteiger partial charge in [0.1, 0.15) is 5.75 Å². The molecular weight excluding hydrogens is 394 g/mol. The van der Waals surface area contributed by atoms with E-state index >= 15 is 0 Å². The maximum absolute atomic E-state index is 12.0. The average Bonchev–Trinajstić information content (AvgIpc) is 3.14. The quantitative estimate of drug-likeness (QED) is 0.526. The molecule has 2 heterocycles. The van der Waals surface area contributed by atoms with Crippen LogP contribution in [0.25, 0.3) is 10.9 Å². The average molecular weight is 426 g/mol. The van der Waals surface area contributed by atoms with Gasteiger partial charge in [0.05, 0.1) is 18.3 Å². The van der Waals surface area contributed by atoms with E-state index in [1.54, 1.807) is 26.0 Å². The van der Waals surface area contributed by atoms with Gasteiger partial charge in [-0.1, -0.05) is 32.0 Å². The van der Waals surface area contributed by atoms with E-state index in [0.717, 1.165) is 59.0 Å². The summed E-state index contributed by atoms with van der Waals surface area (Å²) in [4.78, 5) is 17.9. The number of hydrogen-bond donors (Lipinski definition) is 0. The lowest BCUT2D eigenvalue weighted by atomic mass is 10.1. The molecule has 0 radical (unpaired) electrons. The van der Waals surface area contributed by atoms with Crippen LogP contribution in [0, 0.1) is 0 Å². The molecule has 0 N–H and O–H groups in total. The molecule has 0 spiro atoms. The van der Waals surface area contributed by atoms with Gasteiger partial charge in [-0.3, -0.25) is 8.77 Å². The lowest BCUT2D eigenvalue weighted by Gasteiger charge is -2.34. The summed E-state index contributed by atoms with van der Waals surface area (Å²) < 4.78 is 7.71. The smallest absolute Gasteiger partial charge is 0.161 e. The van der Waals surface area contributed by atoms with Crippen molar-refractivity contribution in [2.24, 2.45) is 0 Å². The molecule has 1 aliphatic rings.